The summed E-state index contributed by atoms with van der Waals surface area (Å²) < 4.78 is 12.0. The summed E-state index contributed by atoms with van der Waals surface area (Å²) in [5.74, 6) is 3.16. The molecule has 6 nitrogen and oxygen atoms in total. The summed E-state index contributed by atoms with van der Waals surface area (Å²) in [5, 5.41) is 6.89. The van der Waals surface area contributed by atoms with Gasteiger partial charge >= 0.3 is 0 Å². The molecule has 1 aliphatic rings. The molecule has 0 aliphatic carbocycles. The van der Waals surface area contributed by atoms with Crippen LogP contribution in [0, 0.1) is 0 Å². The zero-order valence-corrected chi connectivity index (χ0v) is 17.8. The summed E-state index contributed by atoms with van der Waals surface area (Å²) >= 11 is 0. The molecular formula is C22H32N4O2. The third kappa shape index (κ3) is 4.86. The molecule has 1 aromatic heterocycles. The van der Waals surface area contributed by atoms with Crippen molar-refractivity contribution < 1.29 is 9.15 Å². The summed E-state index contributed by atoms with van der Waals surface area (Å²) in [6.07, 6.45) is 2.64. The molecule has 1 aliphatic heterocycles. The fourth-order valence-corrected chi connectivity index (χ4v) is 3.29. The first-order valence-electron chi connectivity index (χ1n) is 9.96. The minimum atomic E-state index is -0.243. The van der Waals surface area contributed by atoms with E-state index < -0.39 is 0 Å². The molecule has 0 amide bonds. The fraction of sp³-hybridized carbons (Fsp3) is 0.545. The van der Waals surface area contributed by atoms with Crippen molar-refractivity contribution in [3.63, 3.8) is 0 Å². The Balaban J connectivity index is 1.77. The maximum Gasteiger partial charge on any atom is 0.216 e. The predicted molar refractivity (Wildman–Crippen MR) is 112 cm³/mol. The van der Waals surface area contributed by atoms with Crippen LogP contribution in [0.15, 0.2) is 39.9 Å². The lowest BCUT2D eigenvalue weighted by atomic mass is 9.90. The number of rotatable bonds is 4. The van der Waals surface area contributed by atoms with E-state index in [0.29, 0.717) is 12.4 Å². The number of hydrogen-bond donors (Lipinski definition) is 2. The van der Waals surface area contributed by atoms with Crippen molar-refractivity contribution in [3.05, 3.63) is 47.7 Å². The average Bonchev–Trinajstić information content (AvgIpc) is 3.08. The Labute approximate surface area is 167 Å². The number of aliphatic imine (C=N–C) groups is 1. The second kappa shape index (κ2) is 7.86. The molecule has 2 N–H and O–H groups in total. The number of benzene rings is 1. The maximum atomic E-state index is 6.13. The number of nitrogens with zero attached hydrogens (tertiary/aromatic N) is 2. The molecule has 6 heteroatoms. The highest BCUT2D eigenvalue weighted by Crippen LogP contribution is 2.39. The van der Waals surface area contributed by atoms with Crippen LogP contribution in [0.2, 0.25) is 0 Å². The highest BCUT2D eigenvalue weighted by molar-refractivity contribution is 5.80. The molecule has 0 fully saturated rings. The van der Waals surface area contributed by atoms with Crippen LogP contribution in [0.4, 0.5) is 0 Å². The van der Waals surface area contributed by atoms with E-state index in [1.807, 2.05) is 18.2 Å². The van der Waals surface area contributed by atoms with Crippen LogP contribution in [0.3, 0.4) is 0 Å². The van der Waals surface area contributed by atoms with Gasteiger partial charge in [0.05, 0.1) is 12.2 Å². The molecule has 28 heavy (non-hydrogen) atoms. The van der Waals surface area contributed by atoms with E-state index in [9.17, 15) is 0 Å². The van der Waals surface area contributed by atoms with Crippen molar-refractivity contribution in [2.24, 2.45) is 4.99 Å². The smallest absolute Gasteiger partial charge is 0.216 e. The SMILES string of the molecule is CCNC(=NCc1ncc(C(C)(C)C)o1)NC1CC(C)(C)Oc2ccccc21. The van der Waals surface area contributed by atoms with Gasteiger partial charge in [0.2, 0.25) is 5.89 Å². The van der Waals surface area contributed by atoms with Gasteiger partial charge < -0.3 is 19.8 Å². The third-order valence-electron chi connectivity index (χ3n) is 4.70. The monoisotopic (exact) mass is 384 g/mol. The van der Waals surface area contributed by atoms with E-state index in [-0.39, 0.29) is 17.1 Å². The van der Waals surface area contributed by atoms with Gasteiger partial charge in [-0.15, -0.1) is 0 Å². The van der Waals surface area contributed by atoms with Crippen molar-refractivity contribution in [1.29, 1.82) is 0 Å². The van der Waals surface area contributed by atoms with Crippen LogP contribution in [0.5, 0.6) is 5.75 Å². The normalized spacial score (nSPS) is 18.9. The first-order chi connectivity index (χ1) is 13.2. The second-order valence-electron chi connectivity index (χ2n) is 8.86. The molecule has 0 saturated carbocycles. The second-order valence-corrected chi connectivity index (χ2v) is 8.86. The number of fused-ring (bicyclic) bond motifs is 1. The molecule has 2 aromatic rings. The van der Waals surface area contributed by atoms with Crippen LogP contribution in [-0.2, 0) is 12.0 Å². The average molecular weight is 385 g/mol. The fourth-order valence-electron chi connectivity index (χ4n) is 3.29. The van der Waals surface area contributed by atoms with Crippen LogP contribution in [-0.4, -0.2) is 23.1 Å². The maximum absolute atomic E-state index is 6.13. The van der Waals surface area contributed by atoms with Crippen LogP contribution >= 0.6 is 0 Å². The molecule has 0 spiro atoms. The van der Waals surface area contributed by atoms with E-state index in [1.165, 1.54) is 0 Å². The molecule has 1 unspecified atom stereocenters. The van der Waals surface area contributed by atoms with Crippen LogP contribution in [0.25, 0.3) is 0 Å². The number of nitrogens with one attached hydrogen (secondary N) is 2. The van der Waals surface area contributed by atoms with E-state index >= 15 is 0 Å². The standard InChI is InChI=1S/C22H32N4O2/c1-7-23-20(25-14-19-24-13-18(27-19)21(2,3)4)26-16-12-22(5,6)28-17-11-9-8-10-15(16)17/h8-11,13,16H,7,12,14H2,1-6H3,(H2,23,25,26). The molecule has 2 heterocycles. The quantitative estimate of drug-likeness (QED) is 0.606. The van der Waals surface area contributed by atoms with Gasteiger partial charge in [-0.25, -0.2) is 9.98 Å². The van der Waals surface area contributed by atoms with Gasteiger partial charge in [0.1, 0.15) is 23.7 Å². The summed E-state index contributed by atoms with van der Waals surface area (Å²) in [4.78, 5) is 9.06. The van der Waals surface area contributed by atoms with Crippen LogP contribution in [0.1, 0.15) is 71.2 Å². The Hall–Kier alpha value is -2.50. The van der Waals surface area contributed by atoms with Gasteiger partial charge in [-0.2, -0.15) is 0 Å². The van der Waals surface area contributed by atoms with E-state index in [1.54, 1.807) is 6.20 Å². The highest BCUT2D eigenvalue weighted by Gasteiger charge is 2.34. The largest absolute Gasteiger partial charge is 0.487 e. The molecular weight excluding hydrogens is 352 g/mol. The minimum absolute atomic E-state index is 0.0604. The first kappa shape index (κ1) is 20.2. The Morgan fingerprint density at radius 3 is 2.71 bits per heavy atom. The molecule has 3 rings (SSSR count). The number of oxazole rings is 1. The molecule has 152 valence electrons. The zero-order valence-electron chi connectivity index (χ0n) is 17.8. The summed E-state index contributed by atoms with van der Waals surface area (Å²) in [5.41, 5.74) is 0.849. The predicted octanol–water partition coefficient (Wildman–Crippen LogP) is 4.33. The minimum Gasteiger partial charge on any atom is -0.487 e. The van der Waals surface area contributed by atoms with E-state index in [4.69, 9.17) is 14.1 Å². The lowest BCUT2D eigenvalue weighted by Crippen LogP contribution is -2.45. The van der Waals surface area contributed by atoms with Crippen molar-refractivity contribution in [3.8, 4) is 5.75 Å². The highest BCUT2D eigenvalue weighted by atomic mass is 16.5. The number of guanidine groups is 1. The zero-order chi connectivity index (χ0) is 20.4. The molecule has 1 aromatic carbocycles. The van der Waals surface area contributed by atoms with Gasteiger partial charge in [0, 0.05) is 23.9 Å². The number of aromatic nitrogens is 1. The van der Waals surface area contributed by atoms with Crippen molar-refractivity contribution >= 4 is 5.96 Å². The van der Waals surface area contributed by atoms with Gasteiger partial charge in [0.25, 0.3) is 0 Å². The van der Waals surface area contributed by atoms with Crippen molar-refractivity contribution in [2.75, 3.05) is 6.54 Å². The summed E-state index contributed by atoms with van der Waals surface area (Å²) in [6, 6.07) is 8.30. The topological polar surface area (TPSA) is 71.7 Å². The van der Waals surface area contributed by atoms with Crippen LogP contribution < -0.4 is 15.4 Å². The number of hydrogen-bond acceptors (Lipinski definition) is 4. The van der Waals surface area contributed by atoms with Gasteiger partial charge in [-0.3, -0.25) is 0 Å². The Kier molecular flexibility index (Phi) is 5.68. The number of para-hydroxylation sites is 1. The Bertz CT molecular complexity index is 833. The van der Waals surface area contributed by atoms with Gasteiger partial charge in [-0.1, -0.05) is 39.0 Å². The Morgan fingerprint density at radius 2 is 2.04 bits per heavy atom. The molecule has 0 radical (unpaired) electrons. The van der Waals surface area contributed by atoms with E-state index in [0.717, 1.165) is 36.0 Å². The molecule has 0 saturated heterocycles. The third-order valence-corrected chi connectivity index (χ3v) is 4.70. The van der Waals surface area contributed by atoms with Crippen molar-refractivity contribution in [2.45, 2.75) is 71.6 Å². The van der Waals surface area contributed by atoms with E-state index in [2.05, 4.69) is 63.2 Å². The van der Waals surface area contributed by atoms with Gasteiger partial charge in [0.15, 0.2) is 5.96 Å². The van der Waals surface area contributed by atoms with Crippen molar-refractivity contribution in [1.82, 2.24) is 15.6 Å². The van der Waals surface area contributed by atoms with Gasteiger partial charge in [-0.05, 0) is 26.8 Å². The summed E-state index contributed by atoms with van der Waals surface area (Å²) in [6.45, 7) is 13.8. The Morgan fingerprint density at radius 1 is 1.29 bits per heavy atom. The lowest BCUT2D eigenvalue weighted by molar-refractivity contribution is 0.0694. The first-order valence-corrected chi connectivity index (χ1v) is 9.96. The lowest BCUT2D eigenvalue weighted by Gasteiger charge is -2.38. The molecule has 1 atom stereocenters. The molecule has 0 bridgehead atoms. The number of ether oxygens (including phenoxy) is 1. The summed E-state index contributed by atoms with van der Waals surface area (Å²) in [7, 11) is 0.